The maximum atomic E-state index is 11.1. The van der Waals surface area contributed by atoms with Crippen molar-refractivity contribution >= 4 is 17.8 Å². The van der Waals surface area contributed by atoms with Crippen LogP contribution < -0.4 is 0 Å². The minimum atomic E-state index is -0.896. The molecule has 0 aromatic carbocycles. The molecule has 0 aliphatic carbocycles. The SMILES string of the molecule is CC[C@@H](C)N1CCCC1=O.CC[C@H](C(=O)O)N1CCCC1=O. The Kier molecular flexibility index (Phi) is 7.35. The van der Waals surface area contributed by atoms with Crippen molar-refractivity contribution in [2.45, 2.75) is 71.4 Å². The van der Waals surface area contributed by atoms with Crippen LogP contribution in [0.15, 0.2) is 0 Å². The molecule has 2 fully saturated rings. The zero-order chi connectivity index (χ0) is 16.7. The predicted molar refractivity (Wildman–Crippen MR) is 83.4 cm³/mol. The number of carbonyl (C=O) groups excluding carboxylic acids is 2. The van der Waals surface area contributed by atoms with Gasteiger partial charge < -0.3 is 14.9 Å². The van der Waals surface area contributed by atoms with Crippen LogP contribution in [-0.4, -0.2) is 57.9 Å². The molecule has 6 nitrogen and oxygen atoms in total. The van der Waals surface area contributed by atoms with E-state index in [2.05, 4.69) is 13.8 Å². The van der Waals surface area contributed by atoms with Crippen LogP contribution in [0.3, 0.4) is 0 Å². The number of likely N-dealkylation sites (tertiary alicyclic amines) is 2. The number of hydrogen-bond acceptors (Lipinski definition) is 3. The summed E-state index contributed by atoms with van der Waals surface area (Å²) < 4.78 is 0. The van der Waals surface area contributed by atoms with Crippen molar-refractivity contribution in [2.24, 2.45) is 0 Å². The van der Waals surface area contributed by atoms with E-state index in [1.165, 1.54) is 4.90 Å². The molecule has 6 heteroatoms. The van der Waals surface area contributed by atoms with E-state index in [-0.39, 0.29) is 5.91 Å². The number of hydrogen-bond donors (Lipinski definition) is 1. The Morgan fingerprint density at radius 3 is 1.86 bits per heavy atom. The van der Waals surface area contributed by atoms with Gasteiger partial charge in [0, 0.05) is 32.0 Å². The molecule has 126 valence electrons. The van der Waals surface area contributed by atoms with Gasteiger partial charge in [0.05, 0.1) is 0 Å². The summed E-state index contributed by atoms with van der Waals surface area (Å²) in [5.41, 5.74) is 0. The van der Waals surface area contributed by atoms with Crippen molar-refractivity contribution in [1.82, 2.24) is 9.80 Å². The molecular weight excluding hydrogens is 284 g/mol. The van der Waals surface area contributed by atoms with Gasteiger partial charge in [-0.1, -0.05) is 13.8 Å². The number of amides is 2. The van der Waals surface area contributed by atoms with Crippen LogP contribution in [0.4, 0.5) is 0 Å². The number of aliphatic carboxylic acids is 1. The molecule has 2 heterocycles. The molecule has 0 unspecified atom stereocenters. The van der Waals surface area contributed by atoms with Crippen molar-refractivity contribution in [1.29, 1.82) is 0 Å². The molecule has 2 amide bonds. The number of carboxylic acid groups (broad SMARTS) is 1. The van der Waals surface area contributed by atoms with E-state index in [1.54, 1.807) is 6.92 Å². The van der Waals surface area contributed by atoms with Crippen molar-refractivity contribution in [3.05, 3.63) is 0 Å². The summed E-state index contributed by atoms with van der Waals surface area (Å²) in [6.45, 7) is 7.60. The lowest BCUT2D eigenvalue weighted by atomic mass is 10.2. The van der Waals surface area contributed by atoms with E-state index >= 15 is 0 Å². The van der Waals surface area contributed by atoms with Gasteiger partial charge in [-0.3, -0.25) is 9.59 Å². The molecule has 2 aliphatic rings. The summed E-state index contributed by atoms with van der Waals surface area (Å²) in [5, 5.41) is 8.76. The molecule has 22 heavy (non-hydrogen) atoms. The van der Waals surface area contributed by atoms with Gasteiger partial charge in [-0.25, -0.2) is 4.79 Å². The average Bonchev–Trinajstić information content (AvgIpc) is 3.09. The molecule has 0 spiro atoms. The Hall–Kier alpha value is -1.59. The van der Waals surface area contributed by atoms with Crippen molar-refractivity contribution in [2.75, 3.05) is 13.1 Å². The van der Waals surface area contributed by atoms with E-state index < -0.39 is 12.0 Å². The third-order valence-electron chi connectivity index (χ3n) is 4.39. The number of carbonyl (C=O) groups is 3. The highest BCUT2D eigenvalue weighted by Gasteiger charge is 2.31. The van der Waals surface area contributed by atoms with Crippen molar-refractivity contribution in [3.8, 4) is 0 Å². The highest BCUT2D eigenvalue weighted by molar-refractivity contribution is 5.84. The van der Waals surface area contributed by atoms with Crippen LogP contribution in [0.2, 0.25) is 0 Å². The van der Waals surface area contributed by atoms with E-state index in [0.717, 1.165) is 32.2 Å². The maximum Gasteiger partial charge on any atom is 0.326 e. The van der Waals surface area contributed by atoms with E-state index in [0.29, 0.717) is 31.3 Å². The largest absolute Gasteiger partial charge is 0.480 e. The van der Waals surface area contributed by atoms with E-state index in [1.807, 2.05) is 4.90 Å². The standard InChI is InChI=1S/C8H13NO3.C8H15NO/c1-2-6(8(11)12)9-5-3-4-7(9)10;1-3-7(2)9-6-4-5-8(9)10/h6H,2-5H2,1H3,(H,11,12);7H,3-6H2,1-2H3/t6-;7-/m11/s1. The number of carboxylic acids is 1. The Morgan fingerprint density at radius 1 is 1.05 bits per heavy atom. The molecule has 0 aromatic heterocycles. The lowest BCUT2D eigenvalue weighted by Gasteiger charge is -2.22. The lowest BCUT2D eigenvalue weighted by Crippen LogP contribution is -2.41. The molecule has 2 rings (SSSR count). The minimum absolute atomic E-state index is 0.0238. The third-order valence-corrected chi connectivity index (χ3v) is 4.39. The molecule has 0 bridgehead atoms. The first-order valence-corrected chi connectivity index (χ1v) is 8.24. The van der Waals surface area contributed by atoms with Gasteiger partial charge in [0.1, 0.15) is 6.04 Å². The molecule has 2 aliphatic heterocycles. The van der Waals surface area contributed by atoms with E-state index in [4.69, 9.17) is 5.11 Å². The summed E-state index contributed by atoms with van der Waals surface area (Å²) in [5.74, 6) is -0.577. The first-order valence-electron chi connectivity index (χ1n) is 8.24. The Balaban J connectivity index is 0.000000224. The van der Waals surface area contributed by atoms with Crippen LogP contribution >= 0.6 is 0 Å². The van der Waals surface area contributed by atoms with Gasteiger partial charge in [-0.15, -0.1) is 0 Å². The molecule has 2 saturated heterocycles. The van der Waals surface area contributed by atoms with Gasteiger partial charge in [-0.2, -0.15) is 0 Å². The summed E-state index contributed by atoms with van der Waals surface area (Å²) in [7, 11) is 0. The van der Waals surface area contributed by atoms with Gasteiger partial charge >= 0.3 is 5.97 Å². The molecule has 2 atom stereocenters. The Morgan fingerprint density at radius 2 is 1.55 bits per heavy atom. The number of nitrogens with zero attached hydrogens (tertiary/aromatic N) is 2. The van der Waals surface area contributed by atoms with Crippen LogP contribution in [0.25, 0.3) is 0 Å². The fourth-order valence-electron chi connectivity index (χ4n) is 2.88. The van der Waals surface area contributed by atoms with Gasteiger partial charge in [0.25, 0.3) is 0 Å². The molecule has 0 aromatic rings. The van der Waals surface area contributed by atoms with Crippen molar-refractivity contribution < 1.29 is 19.5 Å². The fraction of sp³-hybridized carbons (Fsp3) is 0.812. The Labute approximate surface area is 132 Å². The van der Waals surface area contributed by atoms with Crippen molar-refractivity contribution in [3.63, 3.8) is 0 Å². The highest BCUT2D eigenvalue weighted by atomic mass is 16.4. The topological polar surface area (TPSA) is 77.9 Å². The summed E-state index contributed by atoms with van der Waals surface area (Å²) in [6, 6.07) is -0.157. The number of rotatable bonds is 5. The quantitative estimate of drug-likeness (QED) is 0.841. The second-order valence-corrected chi connectivity index (χ2v) is 5.90. The van der Waals surface area contributed by atoms with Gasteiger partial charge in [-0.05, 0) is 32.6 Å². The minimum Gasteiger partial charge on any atom is -0.480 e. The summed E-state index contributed by atoms with van der Waals surface area (Å²) in [4.78, 5) is 36.4. The average molecular weight is 312 g/mol. The third kappa shape index (κ3) is 4.71. The van der Waals surface area contributed by atoms with Crippen LogP contribution in [0, 0.1) is 0 Å². The maximum absolute atomic E-state index is 11.1. The second-order valence-electron chi connectivity index (χ2n) is 5.90. The molecule has 0 saturated carbocycles. The molecule has 0 radical (unpaired) electrons. The molecular formula is C16H28N2O4. The normalized spacial score (nSPS) is 20.7. The zero-order valence-electron chi connectivity index (χ0n) is 13.9. The lowest BCUT2D eigenvalue weighted by molar-refractivity contribution is -0.148. The summed E-state index contributed by atoms with van der Waals surface area (Å²) >= 11 is 0. The molecule has 1 N–H and O–H groups in total. The van der Waals surface area contributed by atoms with Gasteiger partial charge in [0.15, 0.2) is 0 Å². The first kappa shape index (κ1) is 18.5. The highest BCUT2D eigenvalue weighted by Crippen LogP contribution is 2.16. The first-order chi connectivity index (χ1) is 10.4. The van der Waals surface area contributed by atoms with Gasteiger partial charge in [0.2, 0.25) is 11.8 Å². The van der Waals surface area contributed by atoms with Crippen LogP contribution in [0.5, 0.6) is 0 Å². The zero-order valence-corrected chi connectivity index (χ0v) is 13.9. The van der Waals surface area contributed by atoms with Crippen LogP contribution in [0.1, 0.15) is 59.3 Å². The van der Waals surface area contributed by atoms with E-state index in [9.17, 15) is 14.4 Å². The smallest absolute Gasteiger partial charge is 0.326 e. The monoisotopic (exact) mass is 312 g/mol. The Bertz CT molecular complexity index is 411. The predicted octanol–water partition coefficient (Wildman–Crippen LogP) is 1.88. The second kappa shape index (κ2) is 8.76. The fourth-order valence-corrected chi connectivity index (χ4v) is 2.88. The van der Waals surface area contributed by atoms with Crippen LogP contribution in [-0.2, 0) is 14.4 Å². The summed E-state index contributed by atoms with van der Waals surface area (Å²) in [6.07, 6.45) is 4.69.